The molecular formula is C22H21N5O4. The molecule has 31 heavy (non-hydrogen) atoms. The maximum atomic E-state index is 12.8. The lowest BCUT2D eigenvalue weighted by Gasteiger charge is -2.37. The molecule has 4 amide bonds. The number of imide groups is 1. The van der Waals surface area contributed by atoms with Gasteiger partial charge in [0.15, 0.2) is 0 Å². The van der Waals surface area contributed by atoms with Crippen LogP contribution < -0.4 is 15.4 Å². The molecule has 1 aromatic carbocycles. The fourth-order valence-corrected chi connectivity index (χ4v) is 4.06. The van der Waals surface area contributed by atoms with Crippen LogP contribution in [0, 0.1) is 0 Å². The number of urea groups is 1. The highest BCUT2D eigenvalue weighted by Crippen LogP contribution is 2.26. The summed E-state index contributed by atoms with van der Waals surface area (Å²) in [5.41, 5.74) is 1.34. The Balaban J connectivity index is 1.18. The number of nitrogens with zero attached hydrogens (tertiary/aromatic N) is 3. The van der Waals surface area contributed by atoms with E-state index in [-0.39, 0.29) is 11.8 Å². The van der Waals surface area contributed by atoms with Gasteiger partial charge in [0.2, 0.25) is 0 Å². The summed E-state index contributed by atoms with van der Waals surface area (Å²) in [6.45, 7) is 1.13. The number of amides is 4. The Morgan fingerprint density at radius 3 is 2.55 bits per heavy atom. The third-order valence-electron chi connectivity index (χ3n) is 5.82. The highest BCUT2D eigenvalue weighted by molar-refractivity contribution is 6.07. The molecule has 0 unspecified atom stereocenters. The fraction of sp³-hybridized carbons (Fsp3) is 0.273. The lowest BCUT2D eigenvalue weighted by molar-refractivity contribution is -0.125. The molecule has 3 aromatic rings. The second-order valence-corrected chi connectivity index (χ2v) is 7.79. The number of rotatable bonds is 4. The van der Waals surface area contributed by atoms with E-state index in [1.165, 1.54) is 0 Å². The number of ether oxygens (including phenoxy) is 1. The smallest absolute Gasteiger partial charge is 0.322 e. The summed E-state index contributed by atoms with van der Waals surface area (Å²) in [6.07, 6.45) is 4.65. The van der Waals surface area contributed by atoms with E-state index in [0.717, 1.165) is 11.3 Å². The highest BCUT2D eigenvalue weighted by atomic mass is 16.5. The number of carbonyl (C=O) groups excluding carboxylic acids is 3. The van der Waals surface area contributed by atoms with Gasteiger partial charge in [0, 0.05) is 31.0 Å². The van der Waals surface area contributed by atoms with Crippen LogP contribution in [0.25, 0.3) is 5.65 Å². The van der Waals surface area contributed by atoms with Gasteiger partial charge in [-0.15, -0.1) is 0 Å². The monoisotopic (exact) mass is 419 g/mol. The van der Waals surface area contributed by atoms with Gasteiger partial charge >= 0.3 is 6.03 Å². The fourth-order valence-electron chi connectivity index (χ4n) is 4.06. The summed E-state index contributed by atoms with van der Waals surface area (Å²) in [7, 11) is 0. The molecule has 1 spiro atoms. The topological polar surface area (TPSA) is 105 Å². The summed E-state index contributed by atoms with van der Waals surface area (Å²) in [4.78, 5) is 42.5. The normalized spacial score (nSPS) is 17.6. The van der Waals surface area contributed by atoms with Crippen LogP contribution in [0.1, 0.15) is 28.9 Å². The number of imidazole rings is 1. The number of fused-ring (bicyclic) bond motifs is 1. The number of aromatic nitrogens is 2. The number of nitrogens with one attached hydrogen (secondary N) is 2. The number of hydrogen-bond donors (Lipinski definition) is 2. The largest absolute Gasteiger partial charge is 0.487 e. The zero-order valence-electron chi connectivity index (χ0n) is 16.7. The molecule has 2 saturated heterocycles. The average Bonchev–Trinajstić information content (AvgIpc) is 3.32. The van der Waals surface area contributed by atoms with Gasteiger partial charge in [0.05, 0.1) is 5.69 Å². The number of carbonyl (C=O) groups is 3. The first-order chi connectivity index (χ1) is 15.0. The molecule has 5 rings (SSSR count). The molecule has 0 aliphatic carbocycles. The zero-order valence-corrected chi connectivity index (χ0v) is 16.7. The van der Waals surface area contributed by atoms with E-state index in [2.05, 4.69) is 15.6 Å². The van der Waals surface area contributed by atoms with E-state index in [0.29, 0.717) is 43.9 Å². The lowest BCUT2D eigenvalue weighted by atomic mass is 9.87. The Labute approximate surface area is 178 Å². The van der Waals surface area contributed by atoms with E-state index < -0.39 is 11.6 Å². The van der Waals surface area contributed by atoms with Gasteiger partial charge in [-0.2, -0.15) is 0 Å². The zero-order chi connectivity index (χ0) is 21.4. The molecule has 2 N–H and O–H groups in total. The second-order valence-electron chi connectivity index (χ2n) is 7.79. The number of likely N-dealkylation sites (tertiary alicyclic amines) is 1. The third kappa shape index (κ3) is 3.58. The molecule has 2 fully saturated rings. The third-order valence-corrected chi connectivity index (χ3v) is 5.82. The molecule has 0 saturated carbocycles. The molecule has 2 aromatic heterocycles. The van der Waals surface area contributed by atoms with Crippen molar-refractivity contribution in [3.05, 3.63) is 66.1 Å². The molecule has 0 bridgehead atoms. The number of hydrogen-bond acceptors (Lipinski definition) is 5. The van der Waals surface area contributed by atoms with Crippen molar-refractivity contribution in [3.63, 3.8) is 0 Å². The molecule has 0 atom stereocenters. The van der Waals surface area contributed by atoms with Crippen molar-refractivity contribution in [2.45, 2.75) is 25.0 Å². The van der Waals surface area contributed by atoms with Gasteiger partial charge < -0.3 is 19.4 Å². The van der Waals surface area contributed by atoms with E-state index in [4.69, 9.17) is 4.74 Å². The number of piperidine rings is 1. The maximum absolute atomic E-state index is 12.8. The second kappa shape index (κ2) is 7.42. The number of pyridine rings is 1. The molecular weight excluding hydrogens is 398 g/mol. The van der Waals surface area contributed by atoms with Crippen molar-refractivity contribution in [1.82, 2.24) is 24.9 Å². The van der Waals surface area contributed by atoms with E-state index >= 15 is 0 Å². The maximum Gasteiger partial charge on any atom is 0.322 e. The standard InChI is InChI=1S/C22H21N5O4/c28-19(26-11-8-22(9-12-26)20(29)24-21(30)25-22)15-4-6-17(7-5-15)31-14-16-13-27-10-2-1-3-18(27)23-16/h1-7,10,13H,8-9,11-12,14H2,(H2,24,25,29,30). The molecule has 2 aliphatic heterocycles. The first-order valence-corrected chi connectivity index (χ1v) is 10.1. The Morgan fingerprint density at radius 1 is 1.10 bits per heavy atom. The minimum atomic E-state index is -0.885. The summed E-state index contributed by atoms with van der Waals surface area (Å²) in [5, 5.41) is 4.98. The van der Waals surface area contributed by atoms with Crippen LogP contribution in [-0.4, -0.2) is 50.8 Å². The molecule has 0 radical (unpaired) electrons. The van der Waals surface area contributed by atoms with E-state index in [1.54, 1.807) is 29.2 Å². The van der Waals surface area contributed by atoms with Crippen LogP contribution in [0.5, 0.6) is 5.75 Å². The van der Waals surface area contributed by atoms with Crippen molar-refractivity contribution in [3.8, 4) is 5.75 Å². The van der Waals surface area contributed by atoms with Crippen LogP contribution in [0.15, 0.2) is 54.9 Å². The van der Waals surface area contributed by atoms with E-state index in [1.807, 2.05) is 35.0 Å². The van der Waals surface area contributed by atoms with Gasteiger partial charge in [-0.25, -0.2) is 9.78 Å². The van der Waals surface area contributed by atoms with Crippen molar-refractivity contribution < 1.29 is 19.1 Å². The summed E-state index contributed by atoms with van der Waals surface area (Å²) >= 11 is 0. The SMILES string of the molecule is O=C1NC(=O)C2(CCN(C(=O)c3ccc(OCc4cn5ccccc5n4)cc3)CC2)N1. The van der Waals surface area contributed by atoms with Gasteiger partial charge in [0.1, 0.15) is 23.5 Å². The summed E-state index contributed by atoms with van der Waals surface area (Å²) in [6, 6.07) is 12.3. The average molecular weight is 419 g/mol. The quantitative estimate of drug-likeness (QED) is 0.627. The van der Waals surface area contributed by atoms with Crippen molar-refractivity contribution >= 4 is 23.5 Å². The molecule has 9 heteroatoms. The van der Waals surface area contributed by atoms with Gasteiger partial charge in [-0.05, 0) is 49.2 Å². The first-order valence-electron chi connectivity index (χ1n) is 10.1. The minimum Gasteiger partial charge on any atom is -0.487 e. The molecule has 4 heterocycles. The van der Waals surface area contributed by atoms with Gasteiger partial charge in [0.25, 0.3) is 11.8 Å². The predicted octanol–water partition coefficient (Wildman–Crippen LogP) is 1.73. The molecule has 2 aliphatic rings. The van der Waals surface area contributed by atoms with Crippen LogP contribution in [0.3, 0.4) is 0 Å². The van der Waals surface area contributed by atoms with Crippen molar-refractivity contribution in [2.75, 3.05) is 13.1 Å². The van der Waals surface area contributed by atoms with Crippen LogP contribution in [0.2, 0.25) is 0 Å². The number of benzene rings is 1. The summed E-state index contributed by atoms with van der Waals surface area (Å²) in [5.74, 6) is 0.236. The predicted molar refractivity (Wildman–Crippen MR) is 111 cm³/mol. The first kappa shape index (κ1) is 19.1. The Hall–Kier alpha value is -3.88. The Kier molecular flexibility index (Phi) is 4.58. The van der Waals surface area contributed by atoms with Crippen molar-refractivity contribution in [1.29, 1.82) is 0 Å². The van der Waals surface area contributed by atoms with Gasteiger partial charge in [-0.3, -0.25) is 14.9 Å². The minimum absolute atomic E-state index is 0.105. The molecule has 9 nitrogen and oxygen atoms in total. The van der Waals surface area contributed by atoms with Crippen molar-refractivity contribution in [2.24, 2.45) is 0 Å². The molecule has 158 valence electrons. The highest BCUT2D eigenvalue weighted by Gasteiger charge is 2.48. The summed E-state index contributed by atoms with van der Waals surface area (Å²) < 4.78 is 7.74. The Morgan fingerprint density at radius 2 is 1.87 bits per heavy atom. The van der Waals surface area contributed by atoms with Crippen LogP contribution in [0.4, 0.5) is 4.79 Å². The van der Waals surface area contributed by atoms with E-state index in [9.17, 15) is 14.4 Å². The van der Waals surface area contributed by atoms with Crippen LogP contribution in [-0.2, 0) is 11.4 Å². The lowest BCUT2D eigenvalue weighted by Crippen LogP contribution is -2.55. The van der Waals surface area contributed by atoms with Crippen LogP contribution >= 0.6 is 0 Å². The Bertz CT molecular complexity index is 1130. The van der Waals surface area contributed by atoms with Gasteiger partial charge in [-0.1, -0.05) is 6.07 Å².